The summed E-state index contributed by atoms with van der Waals surface area (Å²) in [4.78, 5) is 11.3. The van der Waals surface area contributed by atoms with Crippen LogP contribution < -0.4 is 10.2 Å². The van der Waals surface area contributed by atoms with E-state index in [0.717, 1.165) is 31.3 Å². The lowest BCUT2D eigenvalue weighted by molar-refractivity contribution is 0.726. The maximum atomic E-state index is 4.71. The molecular formula is C13H24N4. The first kappa shape index (κ1) is 13.9. The van der Waals surface area contributed by atoms with Crippen molar-refractivity contribution in [2.75, 3.05) is 25.0 Å². The van der Waals surface area contributed by atoms with Gasteiger partial charge in [0.25, 0.3) is 0 Å². The molecular weight excluding hydrogens is 212 g/mol. The van der Waals surface area contributed by atoms with Crippen molar-refractivity contribution in [1.82, 2.24) is 15.3 Å². The van der Waals surface area contributed by atoms with Gasteiger partial charge in [0.2, 0.25) is 5.95 Å². The minimum Gasteiger partial charge on any atom is -0.341 e. The quantitative estimate of drug-likeness (QED) is 0.822. The van der Waals surface area contributed by atoms with Crippen molar-refractivity contribution in [1.29, 1.82) is 0 Å². The van der Waals surface area contributed by atoms with Gasteiger partial charge in [-0.2, -0.15) is 0 Å². The van der Waals surface area contributed by atoms with Crippen LogP contribution in [0.1, 0.15) is 44.9 Å². The van der Waals surface area contributed by atoms with Crippen LogP contribution in [-0.2, 0) is 6.54 Å². The molecule has 0 saturated heterocycles. The summed E-state index contributed by atoms with van der Waals surface area (Å²) in [6.07, 6.45) is 1.95. The maximum absolute atomic E-state index is 4.71. The van der Waals surface area contributed by atoms with Gasteiger partial charge in [-0.05, 0) is 26.8 Å². The third-order valence-corrected chi connectivity index (χ3v) is 2.85. The van der Waals surface area contributed by atoms with Crippen LogP contribution in [0.25, 0.3) is 0 Å². The Kier molecular flexibility index (Phi) is 5.35. The third kappa shape index (κ3) is 3.40. The van der Waals surface area contributed by atoms with Crippen LogP contribution in [0.3, 0.4) is 0 Å². The number of anilines is 1. The van der Waals surface area contributed by atoms with Crippen molar-refractivity contribution < 1.29 is 0 Å². The molecule has 1 aromatic heterocycles. The van der Waals surface area contributed by atoms with E-state index in [1.807, 2.05) is 13.2 Å². The molecule has 0 amide bonds. The Morgan fingerprint density at radius 1 is 1.29 bits per heavy atom. The van der Waals surface area contributed by atoms with Gasteiger partial charge in [0, 0.05) is 31.4 Å². The minimum atomic E-state index is 0.427. The van der Waals surface area contributed by atoms with E-state index in [4.69, 9.17) is 4.98 Å². The summed E-state index contributed by atoms with van der Waals surface area (Å²) >= 11 is 0. The van der Waals surface area contributed by atoms with Crippen LogP contribution in [0.4, 0.5) is 5.95 Å². The average molecular weight is 236 g/mol. The van der Waals surface area contributed by atoms with Crippen LogP contribution >= 0.6 is 0 Å². The van der Waals surface area contributed by atoms with Gasteiger partial charge in [0.05, 0.1) is 5.69 Å². The van der Waals surface area contributed by atoms with E-state index in [-0.39, 0.29) is 0 Å². The monoisotopic (exact) mass is 236 g/mol. The zero-order valence-corrected chi connectivity index (χ0v) is 11.6. The zero-order valence-electron chi connectivity index (χ0n) is 11.6. The second-order valence-electron chi connectivity index (χ2n) is 4.44. The van der Waals surface area contributed by atoms with Gasteiger partial charge in [-0.1, -0.05) is 13.8 Å². The van der Waals surface area contributed by atoms with E-state index in [1.165, 1.54) is 5.56 Å². The minimum absolute atomic E-state index is 0.427. The average Bonchev–Trinajstić information content (AvgIpc) is 2.32. The first-order valence-corrected chi connectivity index (χ1v) is 6.39. The molecule has 96 valence electrons. The molecule has 17 heavy (non-hydrogen) atoms. The molecule has 1 N–H and O–H groups in total. The highest BCUT2D eigenvalue weighted by atomic mass is 15.2. The predicted molar refractivity (Wildman–Crippen MR) is 72.4 cm³/mol. The SMILES string of the molecule is CCN(CC)c1ncc(CNC)c(C(C)C)n1. The standard InChI is InChI=1S/C13H24N4/c1-6-17(7-2)13-15-9-11(8-14-5)12(16-13)10(3)4/h9-10,14H,6-8H2,1-5H3. The zero-order chi connectivity index (χ0) is 12.8. The summed E-state index contributed by atoms with van der Waals surface area (Å²) in [6.45, 7) is 11.3. The number of rotatable bonds is 6. The van der Waals surface area contributed by atoms with Gasteiger partial charge in [0.15, 0.2) is 0 Å². The molecule has 0 atom stereocenters. The summed E-state index contributed by atoms with van der Waals surface area (Å²) in [5.41, 5.74) is 2.34. The fourth-order valence-corrected chi connectivity index (χ4v) is 1.90. The molecule has 0 aromatic carbocycles. The number of hydrogen-bond donors (Lipinski definition) is 1. The Hall–Kier alpha value is -1.16. The van der Waals surface area contributed by atoms with Crippen molar-refractivity contribution in [2.24, 2.45) is 0 Å². The van der Waals surface area contributed by atoms with Gasteiger partial charge in [-0.15, -0.1) is 0 Å². The van der Waals surface area contributed by atoms with E-state index >= 15 is 0 Å². The van der Waals surface area contributed by atoms with Crippen LogP contribution in [0, 0.1) is 0 Å². The van der Waals surface area contributed by atoms with E-state index in [2.05, 4.69) is 42.9 Å². The second kappa shape index (κ2) is 6.55. The molecule has 0 spiro atoms. The highest BCUT2D eigenvalue weighted by Gasteiger charge is 2.12. The number of aromatic nitrogens is 2. The van der Waals surface area contributed by atoms with Crippen molar-refractivity contribution in [2.45, 2.75) is 40.2 Å². The number of nitrogens with zero attached hydrogens (tertiary/aromatic N) is 3. The third-order valence-electron chi connectivity index (χ3n) is 2.85. The molecule has 0 aliphatic heterocycles. The first-order chi connectivity index (χ1) is 8.13. The first-order valence-electron chi connectivity index (χ1n) is 6.39. The lowest BCUT2D eigenvalue weighted by atomic mass is 10.1. The smallest absolute Gasteiger partial charge is 0.225 e. The van der Waals surface area contributed by atoms with Crippen LogP contribution in [0.2, 0.25) is 0 Å². The maximum Gasteiger partial charge on any atom is 0.225 e. The van der Waals surface area contributed by atoms with Crippen molar-refractivity contribution in [3.63, 3.8) is 0 Å². The van der Waals surface area contributed by atoms with Gasteiger partial charge < -0.3 is 10.2 Å². The Balaban J connectivity index is 3.08. The topological polar surface area (TPSA) is 41.1 Å². The Morgan fingerprint density at radius 3 is 2.41 bits per heavy atom. The lowest BCUT2D eigenvalue weighted by Gasteiger charge is -2.21. The molecule has 1 heterocycles. The molecule has 0 bridgehead atoms. The van der Waals surface area contributed by atoms with Crippen LogP contribution in [0.5, 0.6) is 0 Å². The molecule has 0 aliphatic rings. The summed E-state index contributed by atoms with van der Waals surface area (Å²) in [5.74, 6) is 1.27. The van der Waals surface area contributed by atoms with Crippen LogP contribution in [-0.4, -0.2) is 30.1 Å². The van der Waals surface area contributed by atoms with Gasteiger partial charge in [0.1, 0.15) is 0 Å². The molecule has 4 heteroatoms. The highest BCUT2D eigenvalue weighted by molar-refractivity contribution is 5.34. The molecule has 0 radical (unpaired) electrons. The molecule has 0 unspecified atom stereocenters. The van der Waals surface area contributed by atoms with Gasteiger partial charge in [-0.3, -0.25) is 0 Å². The van der Waals surface area contributed by atoms with Crippen molar-refractivity contribution >= 4 is 5.95 Å². The van der Waals surface area contributed by atoms with Gasteiger partial charge in [-0.25, -0.2) is 9.97 Å². The normalized spacial score (nSPS) is 10.9. The van der Waals surface area contributed by atoms with E-state index < -0.39 is 0 Å². The molecule has 0 aliphatic carbocycles. The summed E-state index contributed by atoms with van der Waals surface area (Å²) in [7, 11) is 1.95. The Morgan fingerprint density at radius 2 is 1.94 bits per heavy atom. The fraction of sp³-hybridized carbons (Fsp3) is 0.692. The summed E-state index contributed by atoms with van der Waals surface area (Å²) in [5, 5.41) is 3.16. The molecule has 0 fully saturated rings. The molecule has 1 aromatic rings. The number of hydrogen-bond acceptors (Lipinski definition) is 4. The van der Waals surface area contributed by atoms with Crippen molar-refractivity contribution in [3.8, 4) is 0 Å². The highest BCUT2D eigenvalue weighted by Crippen LogP contribution is 2.19. The molecule has 0 saturated carbocycles. The van der Waals surface area contributed by atoms with E-state index in [1.54, 1.807) is 0 Å². The second-order valence-corrected chi connectivity index (χ2v) is 4.44. The van der Waals surface area contributed by atoms with Crippen molar-refractivity contribution in [3.05, 3.63) is 17.5 Å². The lowest BCUT2D eigenvalue weighted by Crippen LogP contribution is -2.25. The van der Waals surface area contributed by atoms with Gasteiger partial charge >= 0.3 is 0 Å². The molecule has 4 nitrogen and oxygen atoms in total. The molecule has 1 rings (SSSR count). The predicted octanol–water partition coefficient (Wildman–Crippen LogP) is 2.17. The summed E-state index contributed by atoms with van der Waals surface area (Å²) in [6, 6.07) is 0. The largest absolute Gasteiger partial charge is 0.341 e. The Labute approximate surface area is 104 Å². The van der Waals surface area contributed by atoms with Crippen LogP contribution in [0.15, 0.2) is 6.20 Å². The van der Waals surface area contributed by atoms with E-state index in [9.17, 15) is 0 Å². The summed E-state index contributed by atoms with van der Waals surface area (Å²) < 4.78 is 0. The fourth-order valence-electron chi connectivity index (χ4n) is 1.90. The number of nitrogens with one attached hydrogen (secondary N) is 1. The van der Waals surface area contributed by atoms with E-state index in [0.29, 0.717) is 5.92 Å². The Bertz CT molecular complexity index is 345.